The van der Waals surface area contributed by atoms with Crippen molar-refractivity contribution in [2.45, 2.75) is 6.92 Å². The number of hydrogen-bond acceptors (Lipinski definition) is 4. The number of fused-ring (bicyclic) bond motifs is 2. The first-order chi connectivity index (χ1) is 8.16. The molecule has 0 atom stereocenters. The van der Waals surface area contributed by atoms with E-state index in [1.165, 1.54) is 12.3 Å². The molecule has 0 saturated carbocycles. The summed E-state index contributed by atoms with van der Waals surface area (Å²) in [6.45, 7) is 2.01. The second-order valence-electron chi connectivity index (χ2n) is 3.86. The minimum Gasteiger partial charge on any atom is -0.396 e. The Morgan fingerprint density at radius 3 is 3.12 bits per heavy atom. The van der Waals surface area contributed by atoms with Crippen molar-refractivity contribution in [3.05, 3.63) is 45.2 Å². The Balaban J connectivity index is 2.45. The Hall–Kier alpha value is -1.88. The van der Waals surface area contributed by atoms with Crippen molar-refractivity contribution >= 4 is 28.2 Å². The van der Waals surface area contributed by atoms with Crippen molar-refractivity contribution in [1.82, 2.24) is 4.98 Å². The Morgan fingerprint density at radius 1 is 1.47 bits per heavy atom. The van der Waals surface area contributed by atoms with Crippen LogP contribution < -0.4 is 21.6 Å². The van der Waals surface area contributed by atoms with Crippen LogP contribution in [0.1, 0.15) is 10.4 Å². The molecule has 0 fully saturated rings. The molecular weight excluding hydrogens is 237 g/mol. The molecule has 17 heavy (non-hydrogen) atoms. The highest BCUT2D eigenvalue weighted by molar-refractivity contribution is 7.16. The molecule has 5 heteroatoms. The van der Waals surface area contributed by atoms with Gasteiger partial charge < -0.3 is 11.1 Å². The lowest BCUT2D eigenvalue weighted by atomic mass is 10.2. The third-order valence-electron chi connectivity index (χ3n) is 2.69. The van der Waals surface area contributed by atoms with E-state index < -0.39 is 0 Å². The van der Waals surface area contributed by atoms with Crippen molar-refractivity contribution in [3.8, 4) is 0 Å². The van der Waals surface area contributed by atoms with E-state index in [4.69, 9.17) is 5.73 Å². The van der Waals surface area contributed by atoms with Crippen LogP contribution >= 0.6 is 11.3 Å². The van der Waals surface area contributed by atoms with Crippen LogP contribution in [0.3, 0.4) is 0 Å². The molecule has 3 heterocycles. The number of hydrogen-bond donors (Lipinski definition) is 2. The van der Waals surface area contributed by atoms with Crippen molar-refractivity contribution in [2.24, 2.45) is 5.73 Å². The highest BCUT2D eigenvalue weighted by Gasteiger charge is 2.13. The zero-order chi connectivity index (χ0) is 12.0. The Bertz CT molecular complexity index is 718. The van der Waals surface area contributed by atoms with Crippen LogP contribution in [0.4, 0.5) is 9.39 Å². The molecule has 1 aliphatic rings. The molecule has 3 N–H and O–H groups in total. The lowest BCUT2D eigenvalue weighted by Crippen LogP contribution is -2.35. The third-order valence-corrected chi connectivity index (χ3v) is 3.67. The predicted molar refractivity (Wildman–Crippen MR) is 67.3 cm³/mol. The van der Waals surface area contributed by atoms with E-state index in [0.717, 1.165) is 15.4 Å². The lowest BCUT2D eigenvalue weighted by molar-refractivity contribution is 0.613. The molecule has 0 saturated heterocycles. The zero-order valence-corrected chi connectivity index (χ0v) is 9.94. The SMILES string of the molecule is Cc1cc2c(s1)NC=c1c(F)ccnc1=C2N. The molecule has 0 bridgehead atoms. The molecule has 0 spiro atoms. The highest BCUT2D eigenvalue weighted by Crippen LogP contribution is 2.30. The van der Waals surface area contributed by atoms with E-state index in [9.17, 15) is 4.39 Å². The standard InChI is InChI=1S/C12H10FN3S/c1-6-4-7-10(14)11-8(5-16-12(7)17-6)9(13)2-3-15-11/h2-5,16H,14H2,1H3. The smallest absolute Gasteiger partial charge is 0.135 e. The average Bonchev–Trinajstić information content (AvgIpc) is 2.62. The molecule has 2 aromatic heterocycles. The molecule has 0 radical (unpaired) electrons. The van der Waals surface area contributed by atoms with Gasteiger partial charge in [0.2, 0.25) is 0 Å². The summed E-state index contributed by atoms with van der Waals surface area (Å²) in [6.07, 6.45) is 3.05. The summed E-state index contributed by atoms with van der Waals surface area (Å²) in [5, 5.41) is 4.92. The number of aromatic nitrogens is 1. The number of nitrogens with one attached hydrogen (secondary N) is 1. The summed E-state index contributed by atoms with van der Waals surface area (Å²) in [5.41, 5.74) is 7.48. The summed E-state index contributed by atoms with van der Waals surface area (Å²) >= 11 is 1.59. The van der Waals surface area contributed by atoms with Crippen LogP contribution in [-0.2, 0) is 0 Å². The van der Waals surface area contributed by atoms with Gasteiger partial charge in [0.25, 0.3) is 0 Å². The molecule has 0 aliphatic carbocycles. The van der Waals surface area contributed by atoms with E-state index in [1.807, 2.05) is 13.0 Å². The van der Waals surface area contributed by atoms with Crippen LogP contribution in [0.25, 0.3) is 11.9 Å². The van der Waals surface area contributed by atoms with E-state index in [0.29, 0.717) is 16.3 Å². The number of pyridine rings is 1. The number of nitrogens with two attached hydrogens (primary N) is 1. The summed E-state index contributed by atoms with van der Waals surface area (Å²) in [5.74, 6) is -0.322. The third kappa shape index (κ3) is 1.51. The maximum absolute atomic E-state index is 13.7. The van der Waals surface area contributed by atoms with Crippen molar-refractivity contribution in [1.29, 1.82) is 0 Å². The highest BCUT2D eigenvalue weighted by atomic mass is 32.1. The van der Waals surface area contributed by atoms with Gasteiger partial charge in [0, 0.05) is 22.8 Å². The molecule has 3 rings (SSSR count). The maximum Gasteiger partial charge on any atom is 0.135 e. The monoisotopic (exact) mass is 247 g/mol. The minimum absolute atomic E-state index is 0.322. The number of halogens is 1. The Kier molecular flexibility index (Phi) is 2.16. The molecule has 0 amide bonds. The van der Waals surface area contributed by atoms with Crippen molar-refractivity contribution in [3.63, 3.8) is 0 Å². The van der Waals surface area contributed by atoms with Crippen LogP contribution in [-0.4, -0.2) is 4.98 Å². The van der Waals surface area contributed by atoms with Gasteiger partial charge in [-0.1, -0.05) is 0 Å². The van der Waals surface area contributed by atoms with E-state index in [2.05, 4.69) is 10.3 Å². The summed E-state index contributed by atoms with van der Waals surface area (Å²) in [7, 11) is 0. The Labute approximate surface area is 101 Å². The fourth-order valence-electron chi connectivity index (χ4n) is 1.89. The van der Waals surface area contributed by atoms with Gasteiger partial charge in [-0.2, -0.15) is 0 Å². The second-order valence-corrected chi connectivity index (χ2v) is 5.11. The quantitative estimate of drug-likeness (QED) is 0.726. The van der Waals surface area contributed by atoms with Gasteiger partial charge in [-0.15, -0.1) is 11.3 Å². The van der Waals surface area contributed by atoms with Gasteiger partial charge >= 0.3 is 0 Å². The maximum atomic E-state index is 13.7. The Morgan fingerprint density at radius 2 is 2.29 bits per heavy atom. The first-order valence-electron chi connectivity index (χ1n) is 5.14. The second kappa shape index (κ2) is 3.56. The molecule has 0 unspecified atom stereocenters. The van der Waals surface area contributed by atoms with E-state index in [-0.39, 0.29) is 5.82 Å². The summed E-state index contributed by atoms with van der Waals surface area (Å²) in [4.78, 5) is 5.31. The fourth-order valence-corrected chi connectivity index (χ4v) is 2.78. The van der Waals surface area contributed by atoms with Gasteiger partial charge in [0.05, 0.1) is 16.3 Å². The van der Waals surface area contributed by atoms with Crippen molar-refractivity contribution in [2.75, 3.05) is 5.32 Å². The summed E-state index contributed by atoms with van der Waals surface area (Å²) < 4.78 is 13.7. The number of rotatable bonds is 0. The normalized spacial score (nSPS) is 13.2. The predicted octanol–water partition coefficient (Wildman–Crippen LogP) is 0.869. The van der Waals surface area contributed by atoms with Crippen LogP contribution in [0.15, 0.2) is 18.3 Å². The molecule has 1 aliphatic heterocycles. The largest absolute Gasteiger partial charge is 0.396 e. The van der Waals surface area contributed by atoms with Gasteiger partial charge in [-0.25, -0.2) is 4.39 Å². The number of nitrogens with zero attached hydrogens (tertiary/aromatic N) is 1. The molecule has 2 aromatic rings. The van der Waals surface area contributed by atoms with Crippen LogP contribution in [0.5, 0.6) is 0 Å². The van der Waals surface area contributed by atoms with E-state index >= 15 is 0 Å². The number of thiophene rings is 1. The fraction of sp³-hybridized carbons (Fsp3) is 0.0833. The van der Waals surface area contributed by atoms with Crippen LogP contribution in [0, 0.1) is 12.7 Å². The van der Waals surface area contributed by atoms with Gasteiger partial charge in [-0.3, -0.25) is 4.98 Å². The summed E-state index contributed by atoms with van der Waals surface area (Å²) in [6, 6.07) is 3.31. The lowest BCUT2D eigenvalue weighted by Gasteiger charge is -1.99. The molecular formula is C12H10FN3S. The van der Waals surface area contributed by atoms with E-state index in [1.54, 1.807) is 17.5 Å². The van der Waals surface area contributed by atoms with Crippen LogP contribution in [0.2, 0.25) is 0 Å². The minimum atomic E-state index is -0.322. The molecule has 0 aromatic carbocycles. The van der Waals surface area contributed by atoms with Gasteiger partial charge in [0.1, 0.15) is 10.8 Å². The zero-order valence-electron chi connectivity index (χ0n) is 9.12. The van der Waals surface area contributed by atoms with Gasteiger partial charge in [0.15, 0.2) is 0 Å². The first kappa shape index (κ1) is 10.3. The number of anilines is 1. The molecule has 3 nitrogen and oxygen atoms in total. The average molecular weight is 247 g/mol. The number of aryl methyl sites for hydroxylation is 1. The first-order valence-corrected chi connectivity index (χ1v) is 5.96. The topological polar surface area (TPSA) is 50.9 Å². The van der Waals surface area contributed by atoms with Crippen molar-refractivity contribution < 1.29 is 4.39 Å². The molecule has 86 valence electrons. The van der Waals surface area contributed by atoms with Gasteiger partial charge in [-0.05, 0) is 19.1 Å².